The molecule has 2 atom stereocenters. The summed E-state index contributed by atoms with van der Waals surface area (Å²) in [5.41, 5.74) is 9.36. The molecule has 0 radical (unpaired) electrons. The smallest absolute Gasteiger partial charge is 0.144 e. The zero-order chi connectivity index (χ0) is 27.9. The van der Waals surface area contributed by atoms with Crippen molar-refractivity contribution in [2.45, 2.75) is 63.5 Å². The van der Waals surface area contributed by atoms with Crippen LogP contribution in [0, 0.1) is 6.92 Å². The maximum absolute atomic E-state index is 12.2. The van der Waals surface area contributed by atoms with E-state index in [4.69, 9.17) is 15.2 Å². The molecule has 0 bridgehead atoms. The lowest BCUT2D eigenvalue weighted by Crippen LogP contribution is -2.59. The molecule has 3 N–H and O–H groups in total. The largest absolute Gasteiger partial charge is 0.399 e. The number of aryl methyl sites for hydroxylation is 1. The summed E-state index contributed by atoms with van der Waals surface area (Å²) in [5, 5.41) is 0. The van der Waals surface area contributed by atoms with Crippen LogP contribution in [-0.4, -0.2) is 50.1 Å². The molecule has 2 saturated heterocycles. The van der Waals surface area contributed by atoms with Crippen LogP contribution in [0.5, 0.6) is 0 Å². The van der Waals surface area contributed by atoms with Gasteiger partial charge in [0.25, 0.3) is 0 Å². The zero-order valence-electron chi connectivity index (χ0n) is 22.8. The number of halogens is 1. The van der Waals surface area contributed by atoms with Gasteiger partial charge in [0.05, 0.1) is 52.6 Å². The van der Waals surface area contributed by atoms with Crippen LogP contribution in [0.2, 0.25) is 0 Å². The fraction of sp³-hybridized carbons (Fsp3) is 0.519. The highest BCUT2D eigenvalue weighted by molar-refractivity contribution is 9.10. The van der Waals surface area contributed by atoms with E-state index < -0.39 is 22.0 Å². The Balaban J connectivity index is 0.000000215. The van der Waals surface area contributed by atoms with Crippen molar-refractivity contribution < 1.29 is 17.9 Å². The van der Waals surface area contributed by atoms with Gasteiger partial charge in [-0.25, -0.2) is 13.1 Å². The third-order valence-electron chi connectivity index (χ3n) is 5.29. The fourth-order valence-corrected chi connectivity index (χ4v) is 4.53. The second-order valence-corrected chi connectivity index (χ2v) is 15.8. The Labute approximate surface area is 235 Å². The number of anilines is 1. The molecule has 2 aromatic carbocycles. The summed E-state index contributed by atoms with van der Waals surface area (Å²) in [6, 6.07) is 15.9. The predicted molar refractivity (Wildman–Crippen MR) is 159 cm³/mol. The van der Waals surface area contributed by atoms with Crippen LogP contribution in [0.15, 0.2) is 57.4 Å². The number of ether oxygens (including phenoxy) is 2. The summed E-state index contributed by atoms with van der Waals surface area (Å²) in [6.07, 6.45) is 0. The van der Waals surface area contributed by atoms with E-state index in [2.05, 4.69) is 44.1 Å². The maximum atomic E-state index is 12.2. The summed E-state index contributed by atoms with van der Waals surface area (Å²) in [7, 11) is -2.23. The first-order valence-corrected chi connectivity index (χ1v) is 15.1. The van der Waals surface area contributed by atoms with E-state index in [1.807, 2.05) is 77.9 Å². The van der Waals surface area contributed by atoms with Crippen LogP contribution >= 0.6 is 15.9 Å². The molecule has 2 heterocycles. The first-order valence-electron chi connectivity index (χ1n) is 12.0. The van der Waals surface area contributed by atoms with Crippen molar-refractivity contribution in [3.63, 3.8) is 0 Å². The number of nitrogens with two attached hydrogens (primary N) is 1. The molecule has 7 nitrogen and oxygen atoms in total. The third-order valence-corrected chi connectivity index (χ3v) is 8.98. The molecule has 2 aromatic rings. The summed E-state index contributed by atoms with van der Waals surface area (Å²) in [4.78, 5) is 0. The maximum Gasteiger partial charge on any atom is 0.144 e. The van der Waals surface area contributed by atoms with Gasteiger partial charge in [-0.2, -0.15) is 4.40 Å². The van der Waals surface area contributed by atoms with E-state index >= 15 is 0 Å². The summed E-state index contributed by atoms with van der Waals surface area (Å²) >= 11 is 3.35. The lowest BCUT2D eigenvalue weighted by molar-refractivity contribution is -0.0659. The van der Waals surface area contributed by atoms with Gasteiger partial charge in [0.15, 0.2) is 0 Å². The molecule has 2 fully saturated rings. The van der Waals surface area contributed by atoms with Gasteiger partial charge in [-0.3, -0.25) is 0 Å². The molecule has 206 valence electrons. The van der Waals surface area contributed by atoms with Crippen LogP contribution < -0.4 is 10.5 Å². The average Bonchev–Trinajstić information content (AvgIpc) is 2.75. The molecule has 0 spiro atoms. The van der Waals surface area contributed by atoms with E-state index in [0.29, 0.717) is 26.4 Å². The van der Waals surface area contributed by atoms with Gasteiger partial charge < -0.3 is 15.2 Å². The Hall–Kier alpha value is -1.43. The van der Waals surface area contributed by atoms with Gasteiger partial charge in [0, 0.05) is 10.2 Å². The molecular formula is C27H40BrN3O4S2. The number of benzene rings is 2. The van der Waals surface area contributed by atoms with Gasteiger partial charge in [-0.1, -0.05) is 45.8 Å². The summed E-state index contributed by atoms with van der Waals surface area (Å²) in [6.45, 7) is 15.9. The molecular weight excluding hydrogens is 574 g/mol. The average molecular weight is 615 g/mol. The Bertz CT molecular complexity index is 1060. The van der Waals surface area contributed by atoms with Crippen molar-refractivity contribution in [1.29, 1.82) is 0 Å². The van der Waals surface area contributed by atoms with E-state index in [1.54, 1.807) is 0 Å². The van der Waals surface area contributed by atoms with Crippen molar-refractivity contribution in [3.05, 3.63) is 64.1 Å². The molecule has 0 aromatic heterocycles. The van der Waals surface area contributed by atoms with Gasteiger partial charge in [-0.05, 0) is 78.3 Å². The summed E-state index contributed by atoms with van der Waals surface area (Å²) in [5.74, 6) is 0. The van der Waals surface area contributed by atoms with Crippen LogP contribution in [0.3, 0.4) is 0 Å². The molecule has 37 heavy (non-hydrogen) atoms. The first kappa shape index (κ1) is 31.8. The Kier molecular flexibility index (Phi) is 11.7. The normalized spacial score (nSPS) is 18.0. The molecule has 2 aliphatic heterocycles. The van der Waals surface area contributed by atoms with Crippen molar-refractivity contribution in [3.8, 4) is 0 Å². The molecule has 4 rings (SSSR count). The predicted octanol–water partition coefficient (Wildman–Crippen LogP) is 5.22. The quantitative estimate of drug-likeness (QED) is 0.460. The van der Waals surface area contributed by atoms with Crippen molar-refractivity contribution in [2.75, 3.05) is 32.2 Å². The number of hydrogen-bond donors (Lipinski definition) is 2. The molecule has 2 unspecified atom stereocenters. The Morgan fingerprint density at radius 1 is 0.892 bits per heavy atom. The minimum absolute atomic E-state index is 0.247. The SMILES string of the molecule is CC(C)(C)S(=O)N=C1COC1.CC(C)(C)S(=O)NC1(c2ccc(N)cc2)COC1.Cc1ccc(Br)cc1. The molecule has 0 saturated carbocycles. The van der Waals surface area contributed by atoms with Gasteiger partial charge in [0.1, 0.15) is 16.5 Å². The number of nitrogens with zero attached hydrogens (tertiary/aromatic N) is 1. The third kappa shape index (κ3) is 10.3. The van der Waals surface area contributed by atoms with Crippen molar-refractivity contribution >= 4 is 49.3 Å². The minimum atomic E-state index is -1.12. The lowest BCUT2D eigenvalue weighted by Gasteiger charge is -2.43. The monoisotopic (exact) mass is 613 g/mol. The van der Waals surface area contributed by atoms with Crippen LogP contribution in [0.1, 0.15) is 52.7 Å². The highest BCUT2D eigenvalue weighted by atomic mass is 79.9. The number of hydrogen-bond acceptors (Lipinski definition) is 5. The molecule has 2 aliphatic rings. The highest BCUT2D eigenvalue weighted by Gasteiger charge is 2.43. The molecule has 0 aliphatic carbocycles. The molecule has 0 amide bonds. The highest BCUT2D eigenvalue weighted by Crippen LogP contribution is 2.31. The topological polar surface area (TPSA) is 103 Å². The number of rotatable bonds is 4. The van der Waals surface area contributed by atoms with E-state index in [-0.39, 0.29) is 15.0 Å². The standard InChI is InChI=1S/C13H20N2O2S.C7H7Br.C7H13NO2S/c1-12(2,3)18(16)15-13(8-17-9-13)10-4-6-11(14)7-5-10;1-6-2-4-7(8)5-3-6;1-7(2,3)11(9)8-6-4-10-5-6/h4-7,15H,8-9,14H2,1-3H3;2-5H,1H3;4-5H2,1-3H3. The van der Waals surface area contributed by atoms with E-state index in [9.17, 15) is 8.42 Å². The van der Waals surface area contributed by atoms with Gasteiger partial charge in [-0.15, -0.1) is 0 Å². The lowest BCUT2D eigenvalue weighted by atomic mass is 9.89. The number of nitrogens with one attached hydrogen (secondary N) is 1. The number of nitrogen functional groups attached to an aromatic ring is 1. The van der Waals surface area contributed by atoms with E-state index in [1.165, 1.54) is 5.56 Å². The van der Waals surface area contributed by atoms with Crippen molar-refractivity contribution in [2.24, 2.45) is 4.40 Å². The Morgan fingerprint density at radius 3 is 1.78 bits per heavy atom. The second-order valence-electron chi connectivity index (χ2n) is 11.0. The minimum Gasteiger partial charge on any atom is -0.399 e. The van der Waals surface area contributed by atoms with Crippen LogP contribution in [-0.2, 0) is 37.0 Å². The molecule has 10 heteroatoms. The van der Waals surface area contributed by atoms with Crippen molar-refractivity contribution in [1.82, 2.24) is 4.72 Å². The summed E-state index contributed by atoms with van der Waals surface area (Å²) < 4.78 is 41.6. The van der Waals surface area contributed by atoms with E-state index in [0.717, 1.165) is 21.4 Å². The first-order chi connectivity index (χ1) is 17.1. The fourth-order valence-electron chi connectivity index (χ4n) is 2.76. The second kappa shape index (κ2) is 13.6. The van der Waals surface area contributed by atoms with Crippen LogP contribution in [0.4, 0.5) is 5.69 Å². The Morgan fingerprint density at radius 2 is 1.43 bits per heavy atom. The van der Waals surface area contributed by atoms with Gasteiger partial charge >= 0.3 is 0 Å². The van der Waals surface area contributed by atoms with Gasteiger partial charge in [0.2, 0.25) is 0 Å². The van der Waals surface area contributed by atoms with Crippen LogP contribution in [0.25, 0.3) is 0 Å². The zero-order valence-corrected chi connectivity index (χ0v) is 26.0.